The zero-order valence-electron chi connectivity index (χ0n) is 26.9. The molecule has 12 rings (SSSR count). The molecule has 0 spiro atoms. The SMILES string of the molecule is C1CN2CCC[N+]3=C2N(C1)B1[BH-]3[N+]2=C3N(CCCN13)CCC2.C1CN2CCC[N+]3=C2N(C1)B1[BH-]3[N+]2=C3N(CCCN13)CCC2. The van der Waals surface area contributed by atoms with E-state index in [0.717, 1.165) is 0 Å². The highest BCUT2D eigenvalue weighted by atomic mass is 15.6. The highest BCUT2D eigenvalue weighted by molar-refractivity contribution is 7.17. The monoisotopic (exact) mass is 598 g/mol. The summed E-state index contributed by atoms with van der Waals surface area (Å²) in [7, 11) is 0. The number of nitrogens with zero attached hydrogens (tertiary/aromatic N) is 12. The molecule has 0 aromatic heterocycles. The van der Waals surface area contributed by atoms with E-state index in [0.29, 0.717) is 13.7 Å². The molecule has 12 aliphatic heterocycles. The quantitative estimate of drug-likeness (QED) is 0.270. The summed E-state index contributed by atoms with van der Waals surface area (Å²) in [5, 5.41) is 0. The Morgan fingerprint density at radius 1 is 0.341 bits per heavy atom. The fourth-order valence-electron chi connectivity index (χ4n) is 12.5. The largest absolute Gasteiger partial charge is 0.435 e. The van der Waals surface area contributed by atoms with Crippen LogP contribution in [-0.4, -0.2) is 213 Å². The Kier molecular flexibility index (Phi) is 5.47. The molecule has 0 unspecified atom stereocenters. The Balaban J connectivity index is 0.000000110. The van der Waals surface area contributed by atoms with Gasteiger partial charge in [-0.25, -0.2) is 0 Å². The maximum Gasteiger partial charge on any atom is 0.435 e. The number of hydrogen-bond donors (Lipinski definition) is 0. The average molecular weight is 598 g/mol. The maximum atomic E-state index is 2.84. The van der Waals surface area contributed by atoms with E-state index in [9.17, 15) is 0 Å². The van der Waals surface area contributed by atoms with Gasteiger partial charge in [0.2, 0.25) is 0 Å². The summed E-state index contributed by atoms with van der Waals surface area (Å²) in [6.07, 6.45) is 10.8. The van der Waals surface area contributed by atoms with Gasteiger partial charge in [-0.1, -0.05) is 0 Å². The van der Waals surface area contributed by atoms with Gasteiger partial charge < -0.3 is 37.2 Å². The van der Waals surface area contributed by atoms with Crippen molar-refractivity contribution in [1.82, 2.24) is 38.8 Å². The molecular weight excluding hydrogens is 548 g/mol. The van der Waals surface area contributed by atoms with Gasteiger partial charge in [-0.2, -0.15) is 0 Å². The smallest absolute Gasteiger partial charge is 0.423 e. The average Bonchev–Trinajstić information content (AvgIpc) is 3.80. The van der Waals surface area contributed by atoms with Gasteiger partial charge in [-0.05, 0) is 0 Å². The summed E-state index contributed by atoms with van der Waals surface area (Å²) < 4.78 is 11.3. The normalized spacial score (nSPS) is 30.3. The second-order valence-corrected chi connectivity index (χ2v) is 15.8. The zero-order valence-corrected chi connectivity index (χ0v) is 26.9. The highest BCUT2D eigenvalue weighted by Crippen LogP contribution is 2.33. The highest BCUT2D eigenvalue weighted by Gasteiger charge is 2.66. The molecule has 0 aromatic carbocycles. The van der Waals surface area contributed by atoms with Crippen molar-refractivity contribution >= 4 is 51.3 Å². The van der Waals surface area contributed by atoms with Gasteiger partial charge in [0.15, 0.2) is 0 Å². The van der Waals surface area contributed by atoms with Crippen LogP contribution in [0.3, 0.4) is 0 Å². The molecule has 232 valence electrons. The third-order valence-corrected chi connectivity index (χ3v) is 13.7. The van der Waals surface area contributed by atoms with Crippen LogP contribution < -0.4 is 0 Å². The first-order chi connectivity index (χ1) is 21.9. The lowest BCUT2D eigenvalue weighted by Crippen LogP contribution is -2.63. The van der Waals surface area contributed by atoms with E-state index in [2.05, 4.69) is 56.8 Å². The van der Waals surface area contributed by atoms with Crippen molar-refractivity contribution in [1.29, 1.82) is 0 Å². The first kappa shape index (κ1) is 25.5. The van der Waals surface area contributed by atoms with E-state index in [1.165, 1.54) is 156 Å². The van der Waals surface area contributed by atoms with Crippen molar-refractivity contribution in [2.75, 3.05) is 105 Å². The molecule has 12 heterocycles. The fraction of sp³-hybridized carbons (Fsp3) is 0.857. The summed E-state index contributed by atoms with van der Waals surface area (Å²) in [4.78, 5) is 21.9. The van der Waals surface area contributed by atoms with Gasteiger partial charge in [-0.15, -0.1) is 0 Å². The molecular formula is C28H50B4N12+2. The van der Waals surface area contributed by atoms with Gasteiger partial charge in [0.25, 0.3) is 23.8 Å². The van der Waals surface area contributed by atoms with Crippen molar-refractivity contribution in [3.63, 3.8) is 0 Å². The Labute approximate surface area is 263 Å². The second-order valence-electron chi connectivity index (χ2n) is 15.8. The number of hydrogen-bond acceptors (Lipinski definition) is 8. The van der Waals surface area contributed by atoms with Crippen LogP contribution in [0.15, 0.2) is 0 Å². The molecule has 0 amide bonds. The molecule has 0 aliphatic carbocycles. The number of rotatable bonds is 0. The number of guanidine groups is 4. The lowest BCUT2D eigenvalue weighted by atomic mass is 9.34. The summed E-state index contributed by atoms with van der Waals surface area (Å²) in [5.41, 5.74) is 0. The summed E-state index contributed by atoms with van der Waals surface area (Å²) in [5.74, 6) is 6.40. The van der Waals surface area contributed by atoms with E-state index in [1.807, 2.05) is 0 Å². The molecule has 44 heavy (non-hydrogen) atoms. The van der Waals surface area contributed by atoms with Gasteiger partial charge in [0, 0.05) is 77.5 Å². The Hall–Kier alpha value is -2.66. The third-order valence-electron chi connectivity index (χ3n) is 13.7. The van der Waals surface area contributed by atoms with Crippen LogP contribution in [0.25, 0.3) is 0 Å². The van der Waals surface area contributed by atoms with Gasteiger partial charge in [0.1, 0.15) is 0 Å². The molecule has 0 bridgehead atoms. The molecule has 0 radical (unpaired) electrons. The molecule has 0 aromatic rings. The molecule has 0 N–H and O–H groups in total. The van der Waals surface area contributed by atoms with Crippen LogP contribution in [-0.2, 0) is 0 Å². The Morgan fingerprint density at radius 3 is 0.864 bits per heavy atom. The zero-order chi connectivity index (χ0) is 28.5. The molecule has 4 saturated heterocycles. The van der Waals surface area contributed by atoms with E-state index in [1.54, 1.807) is 23.8 Å². The van der Waals surface area contributed by atoms with Crippen LogP contribution in [0, 0.1) is 0 Å². The summed E-state index contributed by atoms with van der Waals surface area (Å²) in [6.45, 7) is 20.9. The molecule has 16 heteroatoms. The first-order valence-electron chi connectivity index (χ1n) is 18.9. The van der Waals surface area contributed by atoms with Gasteiger partial charge >= 0.3 is 27.5 Å². The lowest BCUT2D eigenvalue weighted by molar-refractivity contribution is -0.525. The Bertz CT molecular complexity index is 1210. The summed E-state index contributed by atoms with van der Waals surface area (Å²) in [6, 6.07) is 0. The van der Waals surface area contributed by atoms with Crippen molar-refractivity contribution in [2.24, 2.45) is 0 Å². The van der Waals surface area contributed by atoms with Crippen molar-refractivity contribution in [2.45, 2.75) is 51.4 Å². The Morgan fingerprint density at radius 2 is 0.591 bits per heavy atom. The third kappa shape index (κ3) is 3.25. The first-order valence-corrected chi connectivity index (χ1v) is 18.9. The molecule has 12 aliphatic rings. The van der Waals surface area contributed by atoms with Gasteiger partial charge in [-0.3, -0.25) is 19.6 Å². The fourth-order valence-corrected chi connectivity index (χ4v) is 12.5. The van der Waals surface area contributed by atoms with E-state index in [4.69, 9.17) is 0 Å². The number of fused-ring (bicyclic) bond motifs is 10. The minimum Gasteiger partial charge on any atom is -0.423 e. The van der Waals surface area contributed by atoms with Crippen molar-refractivity contribution in [3.05, 3.63) is 0 Å². The van der Waals surface area contributed by atoms with Crippen molar-refractivity contribution < 1.29 is 17.9 Å². The maximum absolute atomic E-state index is 2.84. The van der Waals surface area contributed by atoms with Crippen molar-refractivity contribution in [3.8, 4) is 0 Å². The minimum atomic E-state index is -0.435. The molecule has 12 nitrogen and oxygen atoms in total. The van der Waals surface area contributed by atoms with Crippen LogP contribution >= 0.6 is 0 Å². The predicted molar refractivity (Wildman–Crippen MR) is 176 cm³/mol. The van der Waals surface area contributed by atoms with Crippen LogP contribution in [0.2, 0.25) is 0 Å². The van der Waals surface area contributed by atoms with E-state index in [-0.39, 0.29) is 0 Å². The summed E-state index contributed by atoms with van der Waals surface area (Å²) >= 11 is 0. The van der Waals surface area contributed by atoms with Crippen LogP contribution in [0.1, 0.15) is 51.4 Å². The minimum absolute atomic E-state index is 0.435. The van der Waals surface area contributed by atoms with Crippen LogP contribution in [0.4, 0.5) is 0 Å². The second kappa shape index (κ2) is 9.44. The molecule has 4 fully saturated rings. The molecule has 0 saturated carbocycles. The van der Waals surface area contributed by atoms with Gasteiger partial charge in [0.05, 0.1) is 78.5 Å². The van der Waals surface area contributed by atoms with E-state index >= 15 is 0 Å². The molecule has 0 atom stereocenters. The standard InChI is InChI=1S/2C14H25B2N6/c2*1-5-17-6-2-10-20-13(17)19(9-1)15-16(20)22-12-4-8-18-7-3-11-21(15)14(18)22/h2*15H,1-12H2/q2*+1. The topological polar surface area (TPSA) is 38.0 Å². The van der Waals surface area contributed by atoms with Crippen LogP contribution in [0.5, 0.6) is 0 Å². The predicted octanol–water partition coefficient (Wildman–Crippen LogP) is -3.28. The van der Waals surface area contributed by atoms with E-state index < -0.39 is 13.7 Å². The lowest BCUT2D eigenvalue weighted by Gasteiger charge is -2.41.